The topological polar surface area (TPSA) is 165 Å². The van der Waals surface area contributed by atoms with E-state index in [0.717, 1.165) is 93.3 Å². The van der Waals surface area contributed by atoms with Gasteiger partial charge in [0.2, 0.25) is 0 Å². The average molecular weight is 700 g/mol. The van der Waals surface area contributed by atoms with Crippen LogP contribution in [0.1, 0.15) is 54.8 Å². The molecule has 12 nitrogen and oxygen atoms in total. The molecule has 5 rings (SSSR count). The zero-order valence-corrected chi connectivity index (χ0v) is 29.7. The largest absolute Gasteiger partial charge is 0.397 e. The molecule has 0 bridgehead atoms. The van der Waals surface area contributed by atoms with E-state index in [9.17, 15) is 10.1 Å². The number of nitrogen functional groups attached to an aromatic ring is 1. The predicted molar refractivity (Wildman–Crippen MR) is 193 cm³/mol. The minimum absolute atomic E-state index is 0.382. The van der Waals surface area contributed by atoms with Crippen LogP contribution in [0.2, 0.25) is 0 Å². The average Bonchev–Trinajstić information content (AvgIpc) is 3.45. The number of aromatic amines is 1. The van der Waals surface area contributed by atoms with Gasteiger partial charge >= 0.3 is 0 Å². The second-order valence-corrected chi connectivity index (χ2v) is 13.3. The summed E-state index contributed by atoms with van der Waals surface area (Å²) >= 11 is 6.46. The smallest absolute Gasteiger partial charge is 0.260 e. The van der Waals surface area contributed by atoms with Crippen molar-refractivity contribution in [3.8, 4) is 6.07 Å². The first-order chi connectivity index (χ1) is 23.4. The molecule has 3 aromatic heterocycles. The van der Waals surface area contributed by atoms with Crippen molar-refractivity contribution in [1.29, 1.82) is 5.26 Å². The van der Waals surface area contributed by atoms with Crippen molar-refractivity contribution < 1.29 is 23.7 Å². The summed E-state index contributed by atoms with van der Waals surface area (Å²) in [4.78, 5) is 24.6. The molecule has 0 radical (unpaired) electrons. The van der Waals surface area contributed by atoms with Gasteiger partial charge in [-0.1, -0.05) is 12.2 Å². The number of carbonyl (C=O) groups excluding carboxylic acids is 1. The second kappa shape index (κ2) is 19.6. The third-order valence-electron chi connectivity index (χ3n) is 8.46. The number of primary amides is 1. The number of anilines is 3. The fourth-order valence-corrected chi connectivity index (χ4v) is 7.33. The van der Waals surface area contributed by atoms with E-state index in [1.807, 2.05) is 26.0 Å². The molecule has 5 heterocycles. The Labute approximate surface area is 292 Å². The van der Waals surface area contributed by atoms with Gasteiger partial charge in [-0.3, -0.25) is 4.79 Å². The Morgan fingerprint density at radius 2 is 1.58 bits per heavy atom. The molecule has 2 unspecified atom stereocenters. The highest BCUT2D eigenvalue weighted by atomic mass is 32.1. The molecule has 0 aromatic carbocycles. The van der Waals surface area contributed by atoms with Crippen molar-refractivity contribution in [3.63, 3.8) is 0 Å². The maximum absolute atomic E-state index is 11.6. The van der Waals surface area contributed by atoms with Crippen molar-refractivity contribution in [1.82, 2.24) is 9.97 Å². The molecular formula is C34H49N7O5S2. The molecular weight excluding hydrogens is 651 g/mol. The number of carbonyl (C=O) groups is 1. The van der Waals surface area contributed by atoms with Crippen LogP contribution in [0.3, 0.4) is 0 Å². The van der Waals surface area contributed by atoms with Crippen LogP contribution in [0.5, 0.6) is 0 Å². The second-order valence-electron chi connectivity index (χ2n) is 11.9. The van der Waals surface area contributed by atoms with E-state index in [1.165, 1.54) is 11.3 Å². The standard InChI is InChI=1S/C18H26N4O3S.C16H23N3O2S/c1-2-24-8-9-25-11-12-4-3-7-22(10-12)13-5-6-21-18-14(13)15(19)16(26-18)17(20)23;1-2-20-8-9-21-12-13-4-3-7-19(11-13)15-5-6-18-16(22)14(15)10-17/h5-6,12H,2-4,7-11,19H2,1H3,(H2,20,23);5-6,13H,2-4,7-9,11-12H2,1H3,(H,18,22). The number of nitrogens with two attached hydrogens (primary N) is 2. The monoisotopic (exact) mass is 699 g/mol. The Morgan fingerprint density at radius 1 is 1.00 bits per heavy atom. The highest BCUT2D eigenvalue weighted by Crippen LogP contribution is 2.39. The van der Waals surface area contributed by atoms with Gasteiger partial charge in [0.15, 0.2) is 0 Å². The zero-order valence-electron chi connectivity index (χ0n) is 28.1. The molecule has 14 heteroatoms. The van der Waals surface area contributed by atoms with Crippen LogP contribution in [0.4, 0.5) is 17.1 Å². The van der Waals surface area contributed by atoms with Crippen molar-refractivity contribution in [3.05, 3.63) is 39.6 Å². The lowest BCUT2D eigenvalue weighted by atomic mass is 9.98. The van der Waals surface area contributed by atoms with Crippen LogP contribution in [-0.4, -0.2) is 94.9 Å². The zero-order chi connectivity index (χ0) is 34.3. The van der Waals surface area contributed by atoms with E-state index >= 15 is 0 Å². The predicted octanol–water partition coefficient (Wildman–Crippen LogP) is 5.13. The maximum atomic E-state index is 11.6. The van der Waals surface area contributed by atoms with Gasteiger partial charge in [0, 0.05) is 51.8 Å². The van der Waals surface area contributed by atoms with Gasteiger partial charge < -0.3 is 45.2 Å². The Bertz CT molecular complexity index is 1560. The van der Waals surface area contributed by atoms with Crippen molar-refractivity contribution in [2.45, 2.75) is 39.5 Å². The lowest BCUT2D eigenvalue weighted by molar-refractivity contribution is 0.0352. The molecule has 2 aliphatic rings. The molecule has 0 saturated carbocycles. The van der Waals surface area contributed by atoms with E-state index in [2.05, 4.69) is 25.8 Å². The number of piperidine rings is 2. The van der Waals surface area contributed by atoms with Gasteiger partial charge in [0.05, 0.1) is 62.1 Å². The van der Waals surface area contributed by atoms with Crippen LogP contribution >= 0.6 is 23.6 Å². The summed E-state index contributed by atoms with van der Waals surface area (Å²) in [6.45, 7) is 13.2. The Morgan fingerprint density at radius 3 is 2.15 bits per heavy atom. The van der Waals surface area contributed by atoms with Crippen LogP contribution in [0, 0.1) is 27.8 Å². The number of nitriles is 1. The van der Waals surface area contributed by atoms with Crippen molar-refractivity contribution in [2.24, 2.45) is 17.6 Å². The number of pyridine rings is 2. The number of rotatable bonds is 15. The molecule has 48 heavy (non-hydrogen) atoms. The first kappa shape index (κ1) is 37.5. The molecule has 2 aliphatic heterocycles. The summed E-state index contributed by atoms with van der Waals surface area (Å²) in [6, 6.07) is 6.12. The lowest BCUT2D eigenvalue weighted by Gasteiger charge is -2.34. The van der Waals surface area contributed by atoms with Crippen LogP contribution in [0.15, 0.2) is 24.5 Å². The highest BCUT2D eigenvalue weighted by molar-refractivity contribution is 7.71. The quantitative estimate of drug-likeness (QED) is 0.142. The van der Waals surface area contributed by atoms with Gasteiger partial charge in [-0.15, -0.1) is 11.3 Å². The number of hydrogen-bond donors (Lipinski definition) is 3. The number of ether oxygens (including phenoxy) is 4. The molecule has 0 spiro atoms. The Hall–Kier alpha value is -3.32. The van der Waals surface area contributed by atoms with Gasteiger partial charge in [-0.2, -0.15) is 5.26 Å². The number of H-pyrrole nitrogens is 1. The summed E-state index contributed by atoms with van der Waals surface area (Å²) in [7, 11) is 0. The molecule has 262 valence electrons. The number of amides is 1. The molecule has 5 N–H and O–H groups in total. The number of aromatic nitrogens is 2. The molecule has 3 aromatic rings. The molecule has 1 amide bonds. The summed E-state index contributed by atoms with van der Waals surface area (Å²) in [5.74, 6) is 0.444. The number of hydrogen-bond acceptors (Lipinski definition) is 12. The Balaban J connectivity index is 0.000000220. The first-order valence-electron chi connectivity index (χ1n) is 16.8. The normalized spacial score (nSPS) is 17.9. The number of thiophene rings is 1. The molecule has 0 aliphatic carbocycles. The molecule has 2 fully saturated rings. The van der Waals surface area contributed by atoms with E-state index in [1.54, 1.807) is 12.4 Å². The fourth-order valence-electron chi connectivity index (χ4n) is 6.18. The van der Waals surface area contributed by atoms with E-state index in [-0.39, 0.29) is 0 Å². The van der Waals surface area contributed by atoms with E-state index in [4.69, 9.17) is 42.6 Å². The fraction of sp³-hybridized carbons (Fsp3) is 0.588. The van der Waals surface area contributed by atoms with Crippen molar-refractivity contribution in [2.75, 3.05) is 94.6 Å². The number of fused-ring (bicyclic) bond motifs is 1. The summed E-state index contributed by atoms with van der Waals surface area (Å²) in [6.07, 6.45) is 8.07. The van der Waals surface area contributed by atoms with Gasteiger partial charge in [0.1, 0.15) is 26.0 Å². The van der Waals surface area contributed by atoms with Crippen LogP contribution in [-0.2, 0) is 18.9 Å². The number of nitrogens with one attached hydrogen (secondary N) is 1. The van der Waals surface area contributed by atoms with Gasteiger partial charge in [0.25, 0.3) is 5.91 Å². The third kappa shape index (κ3) is 10.3. The maximum Gasteiger partial charge on any atom is 0.260 e. The third-order valence-corrected chi connectivity index (χ3v) is 9.91. The number of nitrogens with zero attached hydrogens (tertiary/aromatic N) is 4. The summed E-state index contributed by atoms with van der Waals surface area (Å²) < 4.78 is 22.5. The lowest BCUT2D eigenvalue weighted by Crippen LogP contribution is -2.37. The molecule has 2 saturated heterocycles. The summed E-state index contributed by atoms with van der Waals surface area (Å²) in [5.41, 5.74) is 14.6. The SMILES string of the molecule is CCOCCOCC1CCCN(c2cc[nH]c(=S)c2C#N)C1.CCOCCOCC1CCCN(c2ccnc3sc(C(N)=O)c(N)c23)C1. The van der Waals surface area contributed by atoms with Crippen LogP contribution in [0.25, 0.3) is 10.2 Å². The molecule has 2 atom stereocenters. The highest BCUT2D eigenvalue weighted by Gasteiger charge is 2.25. The Kier molecular flexibility index (Phi) is 15.3. The van der Waals surface area contributed by atoms with Gasteiger partial charge in [-0.05, 0) is 63.5 Å². The minimum atomic E-state index is -0.504. The van der Waals surface area contributed by atoms with Crippen LogP contribution < -0.4 is 21.3 Å². The van der Waals surface area contributed by atoms with E-state index < -0.39 is 5.91 Å². The summed E-state index contributed by atoms with van der Waals surface area (Å²) in [5, 5.41) is 10.2. The van der Waals surface area contributed by atoms with E-state index in [0.29, 0.717) is 65.6 Å². The first-order valence-corrected chi connectivity index (χ1v) is 18.0. The van der Waals surface area contributed by atoms with Gasteiger partial charge in [-0.25, -0.2) is 4.98 Å². The van der Waals surface area contributed by atoms with Crippen molar-refractivity contribution >= 4 is 56.7 Å². The minimum Gasteiger partial charge on any atom is -0.397 e.